The molecule has 0 aromatic heterocycles. The van der Waals surface area contributed by atoms with E-state index in [2.05, 4.69) is 5.32 Å². The molecule has 0 aliphatic rings. The van der Waals surface area contributed by atoms with E-state index in [4.69, 9.17) is 9.47 Å². The van der Waals surface area contributed by atoms with Crippen LogP contribution in [-0.2, 0) is 16.1 Å². The van der Waals surface area contributed by atoms with Crippen molar-refractivity contribution >= 4 is 17.5 Å². The van der Waals surface area contributed by atoms with Crippen LogP contribution in [0.3, 0.4) is 0 Å². The lowest BCUT2D eigenvalue weighted by Crippen LogP contribution is -2.50. The van der Waals surface area contributed by atoms with Crippen molar-refractivity contribution in [1.29, 1.82) is 0 Å². The van der Waals surface area contributed by atoms with Gasteiger partial charge < -0.3 is 19.7 Å². The summed E-state index contributed by atoms with van der Waals surface area (Å²) in [5.41, 5.74) is 0.674. The fourth-order valence-electron chi connectivity index (χ4n) is 2.95. The van der Waals surface area contributed by atoms with Crippen LogP contribution >= 0.6 is 0 Å². The molecule has 0 unspecified atom stereocenters. The molecular formula is C23H29N3O6. The van der Waals surface area contributed by atoms with Gasteiger partial charge in [0.25, 0.3) is 5.91 Å². The minimum atomic E-state index is -0.716. The van der Waals surface area contributed by atoms with Gasteiger partial charge in [0, 0.05) is 24.7 Å². The molecule has 0 radical (unpaired) electrons. The van der Waals surface area contributed by atoms with Gasteiger partial charge in [-0.15, -0.1) is 0 Å². The summed E-state index contributed by atoms with van der Waals surface area (Å²) < 4.78 is 10.6. The first-order valence-electron chi connectivity index (χ1n) is 10.4. The van der Waals surface area contributed by atoms with E-state index in [9.17, 15) is 19.7 Å². The number of carbonyl (C=O) groups is 2. The second-order valence-electron chi connectivity index (χ2n) is 7.38. The number of methoxy groups -OCH3 is 1. The second kappa shape index (κ2) is 11.7. The maximum atomic E-state index is 13.0. The summed E-state index contributed by atoms with van der Waals surface area (Å²) in [5.74, 6) is -0.363. The molecule has 0 saturated carbocycles. The highest BCUT2D eigenvalue weighted by Gasteiger charge is 2.27. The second-order valence-corrected chi connectivity index (χ2v) is 7.38. The Morgan fingerprint density at radius 2 is 1.84 bits per heavy atom. The Kier molecular flexibility index (Phi) is 9.00. The molecule has 2 amide bonds. The molecule has 32 heavy (non-hydrogen) atoms. The molecule has 0 bridgehead atoms. The molecule has 0 spiro atoms. The Balaban J connectivity index is 2.16. The van der Waals surface area contributed by atoms with Crippen LogP contribution in [0.5, 0.6) is 11.5 Å². The van der Waals surface area contributed by atoms with Crippen molar-refractivity contribution in [3.05, 3.63) is 64.2 Å². The predicted molar refractivity (Wildman–Crippen MR) is 119 cm³/mol. The quantitative estimate of drug-likeness (QED) is 0.421. The number of hydrogen-bond acceptors (Lipinski definition) is 6. The van der Waals surface area contributed by atoms with Gasteiger partial charge in [-0.05, 0) is 31.9 Å². The van der Waals surface area contributed by atoms with E-state index >= 15 is 0 Å². The van der Waals surface area contributed by atoms with Crippen LogP contribution in [0.25, 0.3) is 0 Å². The highest BCUT2D eigenvalue weighted by atomic mass is 16.6. The number of nitro benzene ring substituents is 1. The van der Waals surface area contributed by atoms with Gasteiger partial charge in [-0.1, -0.05) is 37.3 Å². The van der Waals surface area contributed by atoms with Crippen LogP contribution < -0.4 is 14.8 Å². The van der Waals surface area contributed by atoms with Crippen LogP contribution in [0.4, 0.5) is 5.69 Å². The molecule has 0 heterocycles. The summed E-state index contributed by atoms with van der Waals surface area (Å²) in [5, 5.41) is 13.9. The predicted octanol–water partition coefficient (Wildman–Crippen LogP) is 3.31. The number of nitro groups is 1. The summed E-state index contributed by atoms with van der Waals surface area (Å²) in [6, 6.07) is 12.6. The molecule has 0 aliphatic heterocycles. The number of nitrogens with zero attached hydrogens (tertiary/aromatic N) is 2. The SMILES string of the molecule is CC[C@@H](C)NC(=O)[C@H](C)N(Cc1ccccc1)C(=O)COc1ccc([N+](=O)[O-])c(OC)c1. The van der Waals surface area contributed by atoms with Crippen molar-refractivity contribution < 1.29 is 24.0 Å². The van der Waals surface area contributed by atoms with Crippen molar-refractivity contribution in [3.8, 4) is 11.5 Å². The maximum absolute atomic E-state index is 13.0. The van der Waals surface area contributed by atoms with Gasteiger partial charge >= 0.3 is 5.69 Å². The van der Waals surface area contributed by atoms with Gasteiger partial charge in [-0.25, -0.2) is 0 Å². The number of benzene rings is 2. The summed E-state index contributed by atoms with van der Waals surface area (Å²) in [6.07, 6.45) is 0.774. The zero-order valence-electron chi connectivity index (χ0n) is 18.7. The summed E-state index contributed by atoms with van der Waals surface area (Å²) in [6.45, 7) is 5.44. The molecule has 0 aliphatic carbocycles. The number of amides is 2. The van der Waals surface area contributed by atoms with Crippen LogP contribution in [0.2, 0.25) is 0 Å². The van der Waals surface area contributed by atoms with E-state index in [1.165, 1.54) is 30.2 Å². The summed E-state index contributed by atoms with van der Waals surface area (Å²) in [7, 11) is 1.32. The summed E-state index contributed by atoms with van der Waals surface area (Å²) in [4.78, 5) is 37.6. The van der Waals surface area contributed by atoms with Crippen molar-refractivity contribution in [3.63, 3.8) is 0 Å². The number of ether oxygens (including phenoxy) is 2. The molecular weight excluding hydrogens is 414 g/mol. The Labute approximate surface area is 187 Å². The monoisotopic (exact) mass is 443 g/mol. The Hall–Kier alpha value is -3.62. The molecule has 2 atom stereocenters. The molecule has 2 aromatic rings. The van der Waals surface area contributed by atoms with Crippen LogP contribution in [0.15, 0.2) is 48.5 Å². The number of hydrogen-bond donors (Lipinski definition) is 1. The fraction of sp³-hybridized carbons (Fsp3) is 0.391. The van der Waals surface area contributed by atoms with Gasteiger partial charge in [0.2, 0.25) is 11.7 Å². The van der Waals surface area contributed by atoms with E-state index in [1.807, 2.05) is 44.2 Å². The average molecular weight is 444 g/mol. The zero-order chi connectivity index (χ0) is 23.7. The molecule has 172 valence electrons. The van der Waals surface area contributed by atoms with Gasteiger partial charge in [0.05, 0.1) is 12.0 Å². The Morgan fingerprint density at radius 3 is 2.44 bits per heavy atom. The molecule has 0 fully saturated rings. The molecule has 2 rings (SSSR count). The van der Waals surface area contributed by atoms with Gasteiger partial charge in [0.15, 0.2) is 6.61 Å². The lowest BCUT2D eigenvalue weighted by Gasteiger charge is -2.29. The fourth-order valence-corrected chi connectivity index (χ4v) is 2.95. The van der Waals surface area contributed by atoms with Crippen LogP contribution in [0.1, 0.15) is 32.8 Å². The number of rotatable bonds is 11. The Morgan fingerprint density at radius 1 is 1.16 bits per heavy atom. The highest BCUT2D eigenvalue weighted by molar-refractivity contribution is 5.88. The zero-order valence-corrected chi connectivity index (χ0v) is 18.7. The van der Waals surface area contributed by atoms with Crippen molar-refractivity contribution in [1.82, 2.24) is 10.2 Å². The number of nitrogens with one attached hydrogen (secondary N) is 1. The lowest BCUT2D eigenvalue weighted by molar-refractivity contribution is -0.385. The van der Waals surface area contributed by atoms with Crippen molar-refractivity contribution in [2.24, 2.45) is 0 Å². The van der Waals surface area contributed by atoms with Crippen molar-refractivity contribution in [2.75, 3.05) is 13.7 Å². The van der Waals surface area contributed by atoms with E-state index in [-0.39, 0.29) is 42.3 Å². The van der Waals surface area contributed by atoms with E-state index in [0.29, 0.717) is 0 Å². The first kappa shape index (κ1) is 24.6. The Bertz CT molecular complexity index is 935. The minimum Gasteiger partial charge on any atom is -0.490 e. The van der Waals surface area contributed by atoms with Crippen molar-refractivity contribution in [2.45, 2.75) is 45.8 Å². The van der Waals surface area contributed by atoms with E-state index in [1.54, 1.807) is 6.92 Å². The maximum Gasteiger partial charge on any atom is 0.311 e. The standard InChI is InChI=1S/C23H29N3O6/c1-5-16(2)24-23(28)17(3)25(14-18-9-7-6-8-10-18)22(27)15-32-19-11-12-20(26(29)30)21(13-19)31-4/h6-13,16-17H,5,14-15H2,1-4H3,(H,24,28)/t16-,17+/m1/s1. The van der Waals surface area contributed by atoms with Gasteiger partial charge in [-0.3, -0.25) is 19.7 Å². The van der Waals surface area contributed by atoms with Crippen LogP contribution in [-0.4, -0.2) is 47.4 Å². The topological polar surface area (TPSA) is 111 Å². The van der Waals surface area contributed by atoms with Gasteiger partial charge in [-0.2, -0.15) is 0 Å². The first-order chi connectivity index (χ1) is 15.3. The number of carbonyl (C=O) groups excluding carboxylic acids is 2. The molecule has 9 heteroatoms. The van der Waals surface area contributed by atoms with Crippen LogP contribution in [0, 0.1) is 10.1 Å². The first-order valence-corrected chi connectivity index (χ1v) is 10.4. The lowest BCUT2D eigenvalue weighted by atomic mass is 10.1. The third-order valence-corrected chi connectivity index (χ3v) is 5.07. The molecule has 1 N–H and O–H groups in total. The molecule has 0 saturated heterocycles. The molecule has 9 nitrogen and oxygen atoms in total. The van der Waals surface area contributed by atoms with Gasteiger partial charge in [0.1, 0.15) is 11.8 Å². The third kappa shape index (κ3) is 6.69. The summed E-state index contributed by atoms with van der Waals surface area (Å²) >= 11 is 0. The largest absolute Gasteiger partial charge is 0.490 e. The average Bonchev–Trinajstić information content (AvgIpc) is 2.80. The molecule has 2 aromatic carbocycles. The smallest absolute Gasteiger partial charge is 0.311 e. The normalized spacial score (nSPS) is 12.4. The minimum absolute atomic E-state index is 0.0116. The van der Waals surface area contributed by atoms with E-state index < -0.39 is 16.9 Å². The third-order valence-electron chi connectivity index (χ3n) is 5.07. The van der Waals surface area contributed by atoms with E-state index in [0.717, 1.165) is 12.0 Å². The highest BCUT2D eigenvalue weighted by Crippen LogP contribution is 2.30.